The SMILES string of the molecule is CC(c1ccsc1)n1c(CCCl)nc2ccc(F)c(F)c21. The molecule has 0 aliphatic carbocycles. The van der Waals surface area contributed by atoms with Crippen LogP contribution in [-0.4, -0.2) is 15.4 Å². The Morgan fingerprint density at radius 2 is 2.14 bits per heavy atom. The van der Waals surface area contributed by atoms with E-state index in [-0.39, 0.29) is 11.6 Å². The van der Waals surface area contributed by atoms with Gasteiger partial charge in [-0.3, -0.25) is 0 Å². The van der Waals surface area contributed by atoms with Crippen molar-refractivity contribution < 1.29 is 8.78 Å². The van der Waals surface area contributed by atoms with Crippen molar-refractivity contribution in [3.05, 3.63) is 52.0 Å². The molecule has 2 aromatic heterocycles. The number of thiophene rings is 1. The van der Waals surface area contributed by atoms with Gasteiger partial charge < -0.3 is 4.57 Å². The van der Waals surface area contributed by atoms with Gasteiger partial charge in [-0.25, -0.2) is 13.8 Å². The predicted molar refractivity (Wildman–Crippen MR) is 82.2 cm³/mol. The number of halogens is 3. The predicted octanol–water partition coefficient (Wildman–Crippen LogP) is 4.77. The van der Waals surface area contributed by atoms with Crippen LogP contribution in [0.3, 0.4) is 0 Å². The monoisotopic (exact) mass is 326 g/mol. The van der Waals surface area contributed by atoms with Crippen LogP contribution in [0.25, 0.3) is 11.0 Å². The summed E-state index contributed by atoms with van der Waals surface area (Å²) >= 11 is 7.39. The highest BCUT2D eigenvalue weighted by Gasteiger charge is 2.21. The molecule has 0 bridgehead atoms. The van der Waals surface area contributed by atoms with Crippen molar-refractivity contribution >= 4 is 34.0 Å². The summed E-state index contributed by atoms with van der Waals surface area (Å²) in [6, 6.07) is 4.45. The van der Waals surface area contributed by atoms with Crippen LogP contribution in [0.5, 0.6) is 0 Å². The zero-order chi connectivity index (χ0) is 15.0. The van der Waals surface area contributed by atoms with E-state index in [0.717, 1.165) is 11.6 Å². The van der Waals surface area contributed by atoms with Crippen LogP contribution < -0.4 is 0 Å². The molecule has 2 heterocycles. The lowest BCUT2D eigenvalue weighted by atomic mass is 10.1. The van der Waals surface area contributed by atoms with Crippen LogP contribution in [-0.2, 0) is 6.42 Å². The van der Waals surface area contributed by atoms with Crippen molar-refractivity contribution in [3.8, 4) is 0 Å². The summed E-state index contributed by atoms with van der Waals surface area (Å²) in [5.74, 6) is -0.672. The molecular weight excluding hydrogens is 314 g/mol. The summed E-state index contributed by atoms with van der Waals surface area (Å²) in [7, 11) is 0. The third-order valence-corrected chi connectivity index (χ3v) is 4.44. The van der Waals surface area contributed by atoms with Crippen LogP contribution in [0.1, 0.15) is 24.4 Å². The van der Waals surface area contributed by atoms with Crippen molar-refractivity contribution in [1.82, 2.24) is 9.55 Å². The van der Waals surface area contributed by atoms with Crippen molar-refractivity contribution in [2.45, 2.75) is 19.4 Å². The fourth-order valence-electron chi connectivity index (χ4n) is 2.51. The van der Waals surface area contributed by atoms with E-state index in [1.165, 1.54) is 6.07 Å². The second kappa shape index (κ2) is 5.73. The Morgan fingerprint density at radius 1 is 1.33 bits per heavy atom. The number of aromatic nitrogens is 2. The minimum absolute atomic E-state index is 0.129. The first kappa shape index (κ1) is 14.5. The summed E-state index contributed by atoms with van der Waals surface area (Å²) in [6.07, 6.45) is 0.506. The third kappa shape index (κ3) is 2.45. The molecule has 0 saturated carbocycles. The average Bonchev–Trinajstić information content (AvgIpc) is 3.10. The molecule has 110 valence electrons. The van der Waals surface area contributed by atoms with E-state index in [1.54, 1.807) is 15.9 Å². The van der Waals surface area contributed by atoms with E-state index in [9.17, 15) is 8.78 Å². The lowest BCUT2D eigenvalue weighted by Crippen LogP contribution is -2.11. The molecule has 0 spiro atoms. The number of imidazole rings is 1. The Morgan fingerprint density at radius 3 is 2.81 bits per heavy atom. The molecule has 21 heavy (non-hydrogen) atoms. The Bertz CT molecular complexity index is 768. The molecule has 0 fully saturated rings. The quantitative estimate of drug-likeness (QED) is 0.632. The number of hydrogen-bond acceptors (Lipinski definition) is 2. The molecule has 0 N–H and O–H groups in total. The van der Waals surface area contributed by atoms with Gasteiger partial charge in [-0.05, 0) is 41.4 Å². The fourth-order valence-corrected chi connectivity index (χ4v) is 3.43. The number of alkyl halides is 1. The van der Waals surface area contributed by atoms with Crippen LogP contribution in [0.15, 0.2) is 29.0 Å². The van der Waals surface area contributed by atoms with Gasteiger partial charge in [0.05, 0.1) is 11.6 Å². The highest BCUT2D eigenvalue weighted by molar-refractivity contribution is 7.07. The van der Waals surface area contributed by atoms with E-state index in [2.05, 4.69) is 4.98 Å². The highest BCUT2D eigenvalue weighted by Crippen LogP contribution is 2.30. The maximum atomic E-state index is 14.2. The topological polar surface area (TPSA) is 17.8 Å². The summed E-state index contributed by atoms with van der Waals surface area (Å²) in [5, 5.41) is 3.96. The van der Waals surface area contributed by atoms with Gasteiger partial charge in [-0.2, -0.15) is 11.3 Å². The fraction of sp³-hybridized carbons (Fsp3) is 0.267. The first-order valence-corrected chi connectivity index (χ1v) is 8.04. The largest absolute Gasteiger partial charge is 0.318 e. The smallest absolute Gasteiger partial charge is 0.184 e. The van der Waals surface area contributed by atoms with Gasteiger partial charge in [-0.1, -0.05) is 0 Å². The minimum atomic E-state index is -0.862. The Hall–Kier alpha value is -1.46. The second-order valence-electron chi connectivity index (χ2n) is 4.80. The standard InChI is InChI=1S/C15H13ClF2N2S/c1-9(10-5-7-21-8-10)20-13(4-6-16)19-12-3-2-11(17)14(18)15(12)20/h2-3,5,7-9H,4,6H2,1H3. The van der Waals surface area contributed by atoms with Crippen molar-refractivity contribution in [2.75, 3.05) is 5.88 Å². The summed E-state index contributed by atoms with van der Waals surface area (Å²) < 4.78 is 29.6. The first-order valence-electron chi connectivity index (χ1n) is 6.56. The number of fused-ring (bicyclic) bond motifs is 1. The molecule has 0 aliphatic rings. The molecule has 3 rings (SSSR count). The Labute approximate surface area is 130 Å². The molecule has 1 atom stereocenters. The van der Waals surface area contributed by atoms with Crippen molar-refractivity contribution in [1.29, 1.82) is 0 Å². The number of rotatable bonds is 4. The molecule has 0 saturated heterocycles. The maximum absolute atomic E-state index is 14.2. The maximum Gasteiger partial charge on any atom is 0.184 e. The van der Waals surface area contributed by atoms with Gasteiger partial charge >= 0.3 is 0 Å². The van der Waals surface area contributed by atoms with E-state index in [4.69, 9.17) is 11.6 Å². The third-order valence-electron chi connectivity index (χ3n) is 3.55. The molecular formula is C15H13ClF2N2S. The summed E-state index contributed by atoms with van der Waals surface area (Å²) in [4.78, 5) is 4.41. The van der Waals surface area contributed by atoms with Gasteiger partial charge in [0.2, 0.25) is 0 Å². The molecule has 2 nitrogen and oxygen atoms in total. The van der Waals surface area contributed by atoms with Gasteiger partial charge in [-0.15, -0.1) is 11.6 Å². The van der Waals surface area contributed by atoms with Crippen LogP contribution >= 0.6 is 22.9 Å². The average molecular weight is 327 g/mol. The van der Waals surface area contributed by atoms with Crippen LogP contribution in [0, 0.1) is 11.6 Å². The summed E-state index contributed by atoms with van der Waals surface area (Å²) in [5.41, 5.74) is 1.70. The Balaban J connectivity index is 2.27. The lowest BCUT2D eigenvalue weighted by Gasteiger charge is -2.17. The van der Waals surface area contributed by atoms with E-state index >= 15 is 0 Å². The molecule has 0 aliphatic heterocycles. The van der Waals surface area contributed by atoms with Gasteiger partial charge in [0.25, 0.3) is 0 Å². The molecule has 0 amide bonds. The molecule has 3 aromatic rings. The summed E-state index contributed by atoms with van der Waals surface area (Å²) in [6.45, 7) is 1.95. The van der Waals surface area contributed by atoms with Gasteiger partial charge in [0, 0.05) is 12.3 Å². The zero-order valence-corrected chi connectivity index (χ0v) is 12.9. The van der Waals surface area contributed by atoms with E-state index in [1.807, 2.05) is 23.8 Å². The molecule has 6 heteroatoms. The molecule has 0 radical (unpaired) electrons. The first-order chi connectivity index (χ1) is 10.1. The Kier molecular flexibility index (Phi) is 3.95. The van der Waals surface area contributed by atoms with Crippen LogP contribution in [0.4, 0.5) is 8.78 Å². The number of nitrogens with zero attached hydrogens (tertiary/aromatic N) is 2. The molecule has 1 aromatic carbocycles. The van der Waals surface area contributed by atoms with Crippen molar-refractivity contribution in [3.63, 3.8) is 0 Å². The van der Waals surface area contributed by atoms with E-state index < -0.39 is 11.6 Å². The number of aryl methyl sites for hydroxylation is 1. The minimum Gasteiger partial charge on any atom is -0.318 e. The zero-order valence-electron chi connectivity index (χ0n) is 11.3. The second-order valence-corrected chi connectivity index (χ2v) is 5.96. The number of benzene rings is 1. The lowest BCUT2D eigenvalue weighted by molar-refractivity contribution is 0.507. The number of hydrogen-bond donors (Lipinski definition) is 0. The van der Waals surface area contributed by atoms with E-state index in [0.29, 0.717) is 23.6 Å². The normalized spacial score (nSPS) is 13.0. The van der Waals surface area contributed by atoms with Gasteiger partial charge in [0.1, 0.15) is 11.3 Å². The van der Waals surface area contributed by atoms with Crippen LogP contribution in [0.2, 0.25) is 0 Å². The highest BCUT2D eigenvalue weighted by atomic mass is 35.5. The molecule has 1 unspecified atom stereocenters. The van der Waals surface area contributed by atoms with Gasteiger partial charge in [0.15, 0.2) is 11.6 Å². The van der Waals surface area contributed by atoms with Crippen molar-refractivity contribution in [2.24, 2.45) is 0 Å².